The van der Waals surface area contributed by atoms with Gasteiger partial charge < -0.3 is 19.9 Å². The summed E-state index contributed by atoms with van der Waals surface area (Å²) < 4.78 is 16.3. The van der Waals surface area contributed by atoms with Crippen molar-refractivity contribution >= 4 is 6.09 Å². The summed E-state index contributed by atoms with van der Waals surface area (Å²) in [5.41, 5.74) is 6.40. The standard InChI is InChI=1S/C16H25N3O4/c1-16(2,3)23-15(20)19-8-9-22-10-11(19)13(17)14-12(21-4)6-5-7-18-14/h5-7,11,13H,8-10,17H2,1-4H3. The molecule has 1 aliphatic heterocycles. The van der Waals surface area contributed by atoms with E-state index in [1.165, 1.54) is 0 Å². The molecule has 0 aromatic carbocycles. The van der Waals surface area contributed by atoms with Crippen molar-refractivity contribution in [2.45, 2.75) is 38.5 Å². The summed E-state index contributed by atoms with van der Waals surface area (Å²) in [5.74, 6) is 0.592. The fourth-order valence-corrected chi connectivity index (χ4v) is 2.48. The minimum atomic E-state index is -0.563. The van der Waals surface area contributed by atoms with Gasteiger partial charge in [0.25, 0.3) is 0 Å². The Morgan fingerprint density at radius 1 is 1.52 bits per heavy atom. The first-order valence-electron chi connectivity index (χ1n) is 7.65. The second-order valence-corrected chi connectivity index (χ2v) is 6.43. The Balaban J connectivity index is 2.22. The zero-order chi connectivity index (χ0) is 17.0. The Kier molecular flexibility index (Phi) is 5.43. The molecule has 1 amide bonds. The van der Waals surface area contributed by atoms with Crippen molar-refractivity contribution in [1.82, 2.24) is 9.88 Å². The van der Waals surface area contributed by atoms with Crippen molar-refractivity contribution in [3.05, 3.63) is 24.0 Å². The molecule has 2 atom stereocenters. The van der Waals surface area contributed by atoms with E-state index in [2.05, 4.69) is 4.98 Å². The van der Waals surface area contributed by atoms with Crippen LogP contribution in [0.2, 0.25) is 0 Å². The van der Waals surface area contributed by atoms with Crippen LogP contribution < -0.4 is 10.5 Å². The maximum Gasteiger partial charge on any atom is 0.410 e. The first-order valence-corrected chi connectivity index (χ1v) is 7.65. The van der Waals surface area contributed by atoms with Gasteiger partial charge in [-0.25, -0.2) is 4.79 Å². The molecule has 2 unspecified atom stereocenters. The molecule has 1 aliphatic rings. The maximum atomic E-state index is 12.5. The smallest absolute Gasteiger partial charge is 0.410 e. The van der Waals surface area contributed by atoms with Gasteiger partial charge in [0.05, 0.1) is 32.4 Å². The van der Waals surface area contributed by atoms with Crippen LogP contribution in [-0.4, -0.2) is 54.5 Å². The van der Waals surface area contributed by atoms with Gasteiger partial charge in [-0.2, -0.15) is 0 Å². The lowest BCUT2D eigenvalue weighted by atomic mass is 10.0. The largest absolute Gasteiger partial charge is 0.495 e. The third-order valence-corrected chi connectivity index (χ3v) is 3.54. The van der Waals surface area contributed by atoms with E-state index in [4.69, 9.17) is 19.9 Å². The highest BCUT2D eigenvalue weighted by Crippen LogP contribution is 2.27. The number of morpholine rings is 1. The van der Waals surface area contributed by atoms with E-state index in [-0.39, 0.29) is 6.04 Å². The summed E-state index contributed by atoms with van der Waals surface area (Å²) in [4.78, 5) is 18.4. The molecule has 0 spiro atoms. The molecular formula is C16H25N3O4. The van der Waals surface area contributed by atoms with Crippen molar-refractivity contribution < 1.29 is 19.0 Å². The van der Waals surface area contributed by atoms with Crippen LogP contribution in [0.5, 0.6) is 5.75 Å². The Bertz CT molecular complexity index is 544. The van der Waals surface area contributed by atoms with Crippen molar-refractivity contribution in [3.8, 4) is 5.75 Å². The Morgan fingerprint density at radius 2 is 2.26 bits per heavy atom. The lowest BCUT2D eigenvalue weighted by Crippen LogP contribution is -2.54. The topological polar surface area (TPSA) is 86.9 Å². The highest BCUT2D eigenvalue weighted by atomic mass is 16.6. The Hall–Kier alpha value is -1.86. The molecule has 1 fully saturated rings. The second kappa shape index (κ2) is 7.14. The number of methoxy groups -OCH3 is 1. The number of nitrogens with two attached hydrogens (primary N) is 1. The highest BCUT2D eigenvalue weighted by molar-refractivity contribution is 5.69. The van der Waals surface area contributed by atoms with Gasteiger partial charge in [-0.15, -0.1) is 0 Å². The van der Waals surface area contributed by atoms with Crippen LogP contribution in [0.3, 0.4) is 0 Å². The van der Waals surface area contributed by atoms with E-state index in [9.17, 15) is 4.79 Å². The highest BCUT2D eigenvalue weighted by Gasteiger charge is 2.36. The molecular weight excluding hydrogens is 298 g/mol. The van der Waals surface area contributed by atoms with Gasteiger partial charge in [0.2, 0.25) is 0 Å². The minimum Gasteiger partial charge on any atom is -0.495 e. The van der Waals surface area contributed by atoms with Crippen molar-refractivity contribution in [1.29, 1.82) is 0 Å². The predicted octanol–water partition coefficient (Wildman–Crippen LogP) is 1.73. The molecule has 2 N–H and O–H groups in total. The van der Waals surface area contributed by atoms with Gasteiger partial charge in [0.1, 0.15) is 17.0 Å². The third-order valence-electron chi connectivity index (χ3n) is 3.54. The van der Waals surface area contributed by atoms with E-state index in [1.807, 2.05) is 20.8 Å². The number of nitrogens with zero attached hydrogens (tertiary/aromatic N) is 2. The van der Waals surface area contributed by atoms with Crippen LogP contribution in [0, 0.1) is 0 Å². The molecule has 0 saturated carbocycles. The van der Waals surface area contributed by atoms with Gasteiger partial charge in [0.15, 0.2) is 0 Å². The number of carbonyl (C=O) groups is 1. The summed E-state index contributed by atoms with van der Waals surface area (Å²) in [6.07, 6.45) is 1.26. The second-order valence-electron chi connectivity index (χ2n) is 6.43. The van der Waals surface area contributed by atoms with Crippen molar-refractivity contribution in [3.63, 3.8) is 0 Å². The van der Waals surface area contributed by atoms with Crippen molar-refractivity contribution in [2.24, 2.45) is 5.73 Å². The normalized spacial score (nSPS) is 20.0. The number of hydrogen-bond acceptors (Lipinski definition) is 6. The molecule has 1 aromatic heterocycles. The number of amides is 1. The molecule has 0 bridgehead atoms. The molecule has 2 rings (SSSR count). The number of ether oxygens (including phenoxy) is 3. The third kappa shape index (κ3) is 4.33. The molecule has 1 saturated heterocycles. The van der Waals surface area contributed by atoms with Crippen LogP contribution in [0.15, 0.2) is 18.3 Å². The predicted molar refractivity (Wildman–Crippen MR) is 85.3 cm³/mol. The molecule has 7 heteroatoms. The lowest BCUT2D eigenvalue weighted by Gasteiger charge is -2.39. The zero-order valence-corrected chi connectivity index (χ0v) is 14.1. The number of hydrogen-bond donors (Lipinski definition) is 1. The number of carbonyl (C=O) groups excluding carboxylic acids is 1. The number of aromatic nitrogens is 1. The lowest BCUT2D eigenvalue weighted by molar-refractivity contribution is -0.0386. The zero-order valence-electron chi connectivity index (χ0n) is 14.1. The van der Waals surface area contributed by atoms with Crippen LogP contribution in [0.25, 0.3) is 0 Å². The summed E-state index contributed by atoms with van der Waals surface area (Å²) in [6.45, 7) is 6.73. The van der Waals surface area contributed by atoms with Gasteiger partial charge in [0, 0.05) is 12.7 Å². The summed E-state index contributed by atoms with van der Waals surface area (Å²) in [6, 6.07) is 2.68. The quantitative estimate of drug-likeness (QED) is 0.911. The first-order chi connectivity index (χ1) is 10.8. The van der Waals surface area contributed by atoms with E-state index >= 15 is 0 Å². The molecule has 0 radical (unpaired) electrons. The van der Waals surface area contributed by atoms with Gasteiger partial charge in [-0.1, -0.05) is 0 Å². The van der Waals surface area contributed by atoms with E-state index < -0.39 is 17.7 Å². The Morgan fingerprint density at radius 3 is 2.91 bits per heavy atom. The first kappa shape index (κ1) is 17.5. The fourth-order valence-electron chi connectivity index (χ4n) is 2.48. The monoisotopic (exact) mass is 323 g/mol. The maximum absolute atomic E-state index is 12.5. The number of rotatable bonds is 3. The van der Waals surface area contributed by atoms with E-state index in [0.29, 0.717) is 31.2 Å². The van der Waals surface area contributed by atoms with Crippen LogP contribution in [-0.2, 0) is 9.47 Å². The summed E-state index contributed by atoms with van der Waals surface area (Å²) in [7, 11) is 1.57. The van der Waals surface area contributed by atoms with Gasteiger partial charge in [-0.05, 0) is 32.9 Å². The molecule has 2 heterocycles. The van der Waals surface area contributed by atoms with Crippen LogP contribution in [0.1, 0.15) is 32.5 Å². The molecule has 128 valence electrons. The Labute approximate surface area is 136 Å². The summed E-state index contributed by atoms with van der Waals surface area (Å²) >= 11 is 0. The van der Waals surface area contributed by atoms with Gasteiger partial charge >= 0.3 is 6.09 Å². The minimum absolute atomic E-state index is 0.333. The molecule has 0 aliphatic carbocycles. The fraction of sp³-hybridized carbons (Fsp3) is 0.625. The van der Waals surface area contributed by atoms with Gasteiger partial charge in [-0.3, -0.25) is 9.88 Å². The SMILES string of the molecule is COc1cccnc1C(N)C1COCCN1C(=O)OC(C)(C)C. The average Bonchev–Trinajstić information content (AvgIpc) is 2.52. The van der Waals surface area contributed by atoms with E-state index in [1.54, 1.807) is 30.3 Å². The molecule has 1 aromatic rings. The molecule has 7 nitrogen and oxygen atoms in total. The number of pyridine rings is 1. The van der Waals surface area contributed by atoms with E-state index in [0.717, 1.165) is 0 Å². The van der Waals surface area contributed by atoms with Crippen LogP contribution in [0.4, 0.5) is 4.79 Å². The van der Waals surface area contributed by atoms with Crippen molar-refractivity contribution in [2.75, 3.05) is 26.9 Å². The van der Waals surface area contributed by atoms with Crippen LogP contribution >= 0.6 is 0 Å². The summed E-state index contributed by atoms with van der Waals surface area (Å²) in [5, 5.41) is 0. The molecule has 23 heavy (non-hydrogen) atoms. The average molecular weight is 323 g/mol.